The predicted molar refractivity (Wildman–Crippen MR) is 70.1 cm³/mol. The first-order valence-corrected chi connectivity index (χ1v) is 6.11. The molecule has 86 valence electrons. The summed E-state index contributed by atoms with van der Waals surface area (Å²) in [6.45, 7) is 1.64. The van der Waals surface area contributed by atoms with E-state index in [2.05, 4.69) is 0 Å². The van der Waals surface area contributed by atoms with Gasteiger partial charge in [0.05, 0.1) is 0 Å². The fourth-order valence-corrected chi connectivity index (χ4v) is 2.53. The summed E-state index contributed by atoms with van der Waals surface area (Å²) < 4.78 is 0. The van der Waals surface area contributed by atoms with Crippen LogP contribution in [0.2, 0.25) is 0 Å². The molecule has 0 bridgehead atoms. The Morgan fingerprint density at radius 1 is 1.12 bits per heavy atom. The molecule has 0 saturated carbocycles. The Morgan fingerprint density at radius 2 is 1.82 bits per heavy atom. The standard InChI is InChI=1S/C14H12O2S/c1-10(14(15)16)13(12-8-5-9-17-12)11-6-3-2-4-7-11/h2-9H,1H3,(H,15,16)/b13-10-. The quantitative estimate of drug-likeness (QED) is 0.837. The molecule has 0 aliphatic rings. The van der Waals surface area contributed by atoms with Gasteiger partial charge in [-0.25, -0.2) is 4.79 Å². The van der Waals surface area contributed by atoms with Crippen LogP contribution in [0.15, 0.2) is 53.4 Å². The summed E-state index contributed by atoms with van der Waals surface area (Å²) in [5, 5.41) is 11.1. The van der Waals surface area contributed by atoms with Crippen LogP contribution in [-0.2, 0) is 4.79 Å². The highest BCUT2D eigenvalue weighted by Crippen LogP contribution is 2.30. The monoisotopic (exact) mass is 244 g/mol. The number of rotatable bonds is 3. The zero-order chi connectivity index (χ0) is 12.3. The summed E-state index contributed by atoms with van der Waals surface area (Å²) in [4.78, 5) is 12.1. The summed E-state index contributed by atoms with van der Waals surface area (Å²) in [5.74, 6) is -0.878. The topological polar surface area (TPSA) is 37.3 Å². The van der Waals surface area contributed by atoms with Gasteiger partial charge in [-0.15, -0.1) is 11.3 Å². The van der Waals surface area contributed by atoms with Crippen molar-refractivity contribution in [3.05, 3.63) is 63.9 Å². The summed E-state index contributed by atoms with van der Waals surface area (Å²) in [5.41, 5.74) is 2.11. The summed E-state index contributed by atoms with van der Waals surface area (Å²) in [6, 6.07) is 13.5. The molecule has 2 aromatic rings. The van der Waals surface area contributed by atoms with Crippen molar-refractivity contribution in [1.29, 1.82) is 0 Å². The van der Waals surface area contributed by atoms with Gasteiger partial charge in [0, 0.05) is 16.0 Å². The van der Waals surface area contributed by atoms with Crippen LogP contribution in [0.25, 0.3) is 5.57 Å². The van der Waals surface area contributed by atoms with Crippen LogP contribution in [0.5, 0.6) is 0 Å². The maximum Gasteiger partial charge on any atom is 0.331 e. The van der Waals surface area contributed by atoms with Crippen molar-refractivity contribution in [2.75, 3.05) is 0 Å². The highest BCUT2D eigenvalue weighted by Gasteiger charge is 2.14. The zero-order valence-electron chi connectivity index (χ0n) is 9.38. The highest BCUT2D eigenvalue weighted by molar-refractivity contribution is 7.11. The van der Waals surface area contributed by atoms with Crippen LogP contribution >= 0.6 is 11.3 Å². The molecule has 17 heavy (non-hydrogen) atoms. The minimum absolute atomic E-state index is 0.374. The van der Waals surface area contributed by atoms with E-state index in [1.165, 1.54) is 0 Å². The largest absolute Gasteiger partial charge is 0.478 e. The molecule has 2 rings (SSSR count). The second kappa shape index (κ2) is 4.97. The van der Waals surface area contributed by atoms with Crippen molar-refractivity contribution < 1.29 is 9.90 Å². The smallest absolute Gasteiger partial charge is 0.331 e. The Balaban J connectivity index is 2.62. The number of carboxylic acid groups (broad SMARTS) is 1. The molecule has 1 heterocycles. The van der Waals surface area contributed by atoms with E-state index < -0.39 is 5.97 Å². The lowest BCUT2D eigenvalue weighted by Crippen LogP contribution is -2.01. The first-order valence-electron chi connectivity index (χ1n) is 5.23. The molecule has 0 amide bonds. The molecule has 0 spiro atoms. The second-order valence-electron chi connectivity index (χ2n) is 3.65. The maximum atomic E-state index is 11.2. The van der Waals surface area contributed by atoms with Crippen LogP contribution < -0.4 is 0 Å². The molecule has 3 heteroatoms. The van der Waals surface area contributed by atoms with E-state index >= 15 is 0 Å². The van der Waals surface area contributed by atoms with Crippen molar-refractivity contribution >= 4 is 22.9 Å². The van der Waals surface area contributed by atoms with Crippen molar-refractivity contribution in [3.8, 4) is 0 Å². The molecule has 2 nitrogen and oxygen atoms in total. The fraction of sp³-hybridized carbons (Fsp3) is 0.0714. The molecule has 1 aromatic heterocycles. The van der Waals surface area contributed by atoms with Gasteiger partial charge in [0.2, 0.25) is 0 Å². The molecule has 0 aliphatic carbocycles. The Kier molecular flexibility index (Phi) is 3.40. The van der Waals surface area contributed by atoms with E-state index in [9.17, 15) is 4.79 Å². The van der Waals surface area contributed by atoms with E-state index in [0.717, 1.165) is 16.0 Å². The minimum Gasteiger partial charge on any atom is -0.478 e. The van der Waals surface area contributed by atoms with E-state index in [1.807, 2.05) is 47.8 Å². The van der Waals surface area contributed by atoms with Crippen LogP contribution in [0.3, 0.4) is 0 Å². The van der Waals surface area contributed by atoms with Crippen molar-refractivity contribution in [2.24, 2.45) is 0 Å². The number of carboxylic acids is 1. The van der Waals surface area contributed by atoms with E-state index in [-0.39, 0.29) is 0 Å². The predicted octanol–water partition coefficient (Wildman–Crippen LogP) is 3.65. The third kappa shape index (κ3) is 2.45. The molecule has 0 fully saturated rings. The average Bonchev–Trinajstić information content (AvgIpc) is 2.84. The van der Waals surface area contributed by atoms with Crippen LogP contribution in [0.4, 0.5) is 0 Å². The van der Waals surface area contributed by atoms with Crippen LogP contribution in [-0.4, -0.2) is 11.1 Å². The highest BCUT2D eigenvalue weighted by atomic mass is 32.1. The third-order valence-electron chi connectivity index (χ3n) is 2.53. The Labute approximate surface area is 104 Å². The first kappa shape index (κ1) is 11.6. The van der Waals surface area contributed by atoms with Crippen molar-refractivity contribution in [1.82, 2.24) is 0 Å². The van der Waals surface area contributed by atoms with Gasteiger partial charge in [0.25, 0.3) is 0 Å². The Hall–Kier alpha value is -1.87. The van der Waals surface area contributed by atoms with Gasteiger partial charge in [-0.05, 0) is 23.9 Å². The van der Waals surface area contributed by atoms with Gasteiger partial charge >= 0.3 is 5.97 Å². The molecule has 1 aromatic carbocycles. The molecule has 0 saturated heterocycles. The number of aliphatic carboxylic acids is 1. The van der Waals surface area contributed by atoms with Gasteiger partial charge in [0.15, 0.2) is 0 Å². The lowest BCUT2D eigenvalue weighted by Gasteiger charge is -2.08. The molecule has 0 atom stereocenters. The summed E-state index contributed by atoms with van der Waals surface area (Å²) in [7, 11) is 0. The molecule has 0 aliphatic heterocycles. The molecule has 1 N–H and O–H groups in total. The average molecular weight is 244 g/mol. The number of hydrogen-bond donors (Lipinski definition) is 1. The molecular weight excluding hydrogens is 232 g/mol. The van der Waals surface area contributed by atoms with E-state index in [4.69, 9.17) is 5.11 Å². The summed E-state index contributed by atoms with van der Waals surface area (Å²) >= 11 is 1.55. The third-order valence-corrected chi connectivity index (χ3v) is 3.41. The minimum atomic E-state index is -0.878. The second-order valence-corrected chi connectivity index (χ2v) is 4.60. The molecule has 0 unspecified atom stereocenters. The number of thiophene rings is 1. The Morgan fingerprint density at radius 3 is 2.35 bits per heavy atom. The van der Waals surface area contributed by atoms with E-state index in [0.29, 0.717) is 5.57 Å². The number of benzene rings is 1. The fourth-order valence-electron chi connectivity index (χ4n) is 1.68. The van der Waals surface area contributed by atoms with Crippen molar-refractivity contribution in [3.63, 3.8) is 0 Å². The van der Waals surface area contributed by atoms with Crippen LogP contribution in [0.1, 0.15) is 17.4 Å². The maximum absolute atomic E-state index is 11.2. The lowest BCUT2D eigenvalue weighted by molar-refractivity contribution is -0.132. The number of carbonyl (C=O) groups is 1. The SMILES string of the molecule is C/C(C(=O)O)=C(\c1ccccc1)c1cccs1. The van der Waals surface area contributed by atoms with Gasteiger partial charge in [-0.2, -0.15) is 0 Å². The number of hydrogen-bond acceptors (Lipinski definition) is 2. The van der Waals surface area contributed by atoms with Gasteiger partial charge in [0.1, 0.15) is 0 Å². The normalized spacial score (nSPS) is 12.1. The van der Waals surface area contributed by atoms with Gasteiger partial charge in [-0.3, -0.25) is 0 Å². The van der Waals surface area contributed by atoms with Gasteiger partial charge in [-0.1, -0.05) is 36.4 Å². The summed E-state index contributed by atoms with van der Waals surface area (Å²) in [6.07, 6.45) is 0. The molecule has 0 radical (unpaired) electrons. The van der Waals surface area contributed by atoms with E-state index in [1.54, 1.807) is 18.3 Å². The zero-order valence-corrected chi connectivity index (χ0v) is 10.2. The molecular formula is C14H12O2S. The first-order chi connectivity index (χ1) is 8.20. The lowest BCUT2D eigenvalue weighted by atomic mass is 9.99. The van der Waals surface area contributed by atoms with Crippen LogP contribution in [0, 0.1) is 0 Å². The van der Waals surface area contributed by atoms with Gasteiger partial charge < -0.3 is 5.11 Å². The Bertz CT molecular complexity index is 539. The van der Waals surface area contributed by atoms with Crippen molar-refractivity contribution in [2.45, 2.75) is 6.92 Å².